The van der Waals surface area contributed by atoms with Gasteiger partial charge < -0.3 is 15.5 Å². The average molecular weight is 557 g/mol. The molecular formula is C25H28N6O7S. The van der Waals surface area contributed by atoms with E-state index >= 15 is 0 Å². The highest BCUT2D eigenvalue weighted by Crippen LogP contribution is 2.30. The summed E-state index contributed by atoms with van der Waals surface area (Å²) in [5.41, 5.74) is 1.97. The molecule has 0 amide bonds. The summed E-state index contributed by atoms with van der Waals surface area (Å²) in [6.07, 6.45) is 3.28. The van der Waals surface area contributed by atoms with Crippen molar-refractivity contribution in [1.82, 2.24) is 19.7 Å². The lowest BCUT2D eigenvalue weighted by molar-refractivity contribution is -0.114. The van der Waals surface area contributed by atoms with Crippen molar-refractivity contribution in [3.8, 4) is 0 Å². The molecule has 0 bridgehead atoms. The quantitative estimate of drug-likeness (QED) is 0.173. The highest BCUT2D eigenvalue weighted by Gasteiger charge is 2.42. The van der Waals surface area contributed by atoms with Gasteiger partial charge >= 0.3 is 10.3 Å². The molecule has 2 aromatic heterocycles. The van der Waals surface area contributed by atoms with Gasteiger partial charge in [-0.05, 0) is 29.7 Å². The molecule has 0 saturated heterocycles. The molecule has 0 spiro atoms. The van der Waals surface area contributed by atoms with E-state index in [4.69, 9.17) is 5.14 Å². The molecule has 1 fully saturated rings. The number of hydrogen-bond acceptors (Lipinski definition) is 11. The van der Waals surface area contributed by atoms with E-state index in [0.717, 1.165) is 11.1 Å². The van der Waals surface area contributed by atoms with Gasteiger partial charge in [0.2, 0.25) is 5.78 Å². The van der Waals surface area contributed by atoms with Crippen LogP contribution in [0.1, 0.15) is 33.6 Å². The number of hydrogen-bond donors (Lipinski definition) is 4. The summed E-state index contributed by atoms with van der Waals surface area (Å²) >= 11 is 0. The Morgan fingerprint density at radius 1 is 1.23 bits per heavy atom. The van der Waals surface area contributed by atoms with E-state index in [0.29, 0.717) is 6.54 Å². The summed E-state index contributed by atoms with van der Waals surface area (Å²) in [6, 6.07) is 8.27. The van der Waals surface area contributed by atoms with Crippen LogP contribution in [-0.4, -0.2) is 74.8 Å². The minimum Gasteiger partial charge on any atom is -0.390 e. The Hall–Kier alpha value is -3.82. The van der Waals surface area contributed by atoms with Crippen molar-refractivity contribution in [2.75, 3.05) is 11.9 Å². The predicted octanol–water partition coefficient (Wildman–Crippen LogP) is -0.00770. The van der Waals surface area contributed by atoms with Crippen molar-refractivity contribution < 1.29 is 32.4 Å². The maximum Gasteiger partial charge on any atom is 0.333 e. The van der Waals surface area contributed by atoms with Crippen molar-refractivity contribution in [2.24, 2.45) is 11.1 Å². The second-order valence-corrected chi connectivity index (χ2v) is 10.4. The summed E-state index contributed by atoms with van der Waals surface area (Å²) in [5, 5.41) is 33.0. The summed E-state index contributed by atoms with van der Waals surface area (Å²) < 4.78 is 28.3. The molecule has 0 radical (unpaired) electrons. The number of aromatic nitrogens is 4. The Kier molecular flexibility index (Phi) is 8.62. The smallest absolute Gasteiger partial charge is 0.333 e. The second kappa shape index (κ2) is 11.9. The molecule has 3 aromatic rings. The first-order chi connectivity index (χ1) is 18.5. The zero-order valence-electron chi connectivity index (χ0n) is 20.8. The largest absolute Gasteiger partial charge is 0.390 e. The van der Waals surface area contributed by atoms with Crippen LogP contribution < -0.4 is 10.5 Å². The van der Waals surface area contributed by atoms with E-state index in [9.17, 15) is 28.2 Å². The van der Waals surface area contributed by atoms with Crippen molar-refractivity contribution in [3.05, 3.63) is 84.1 Å². The number of benzene rings is 1. The normalized spacial score (nSPS) is 21.0. The van der Waals surface area contributed by atoms with E-state index in [1.165, 1.54) is 18.6 Å². The summed E-state index contributed by atoms with van der Waals surface area (Å²) in [4.78, 5) is 33.0. The maximum absolute atomic E-state index is 13.3. The van der Waals surface area contributed by atoms with Crippen LogP contribution in [0, 0.1) is 5.92 Å². The lowest BCUT2D eigenvalue weighted by Gasteiger charge is -2.19. The third-order valence-electron chi connectivity index (χ3n) is 6.34. The van der Waals surface area contributed by atoms with Gasteiger partial charge in [0, 0.05) is 24.7 Å². The topological polar surface area (TPSA) is 200 Å². The molecule has 4 rings (SSSR count). The second-order valence-electron chi connectivity index (χ2n) is 9.18. The zero-order chi connectivity index (χ0) is 28.2. The first-order valence-electron chi connectivity index (χ1n) is 11.9. The number of nitrogens with two attached hydrogens (primary N) is 1. The first kappa shape index (κ1) is 28.2. The third kappa shape index (κ3) is 7.19. The van der Waals surface area contributed by atoms with Crippen LogP contribution in [-0.2, 0) is 32.2 Å². The monoisotopic (exact) mass is 556 g/mol. The van der Waals surface area contributed by atoms with Gasteiger partial charge in [0.05, 0.1) is 30.9 Å². The standard InChI is InChI=1S/C25H28N6O7S/c1-2-18(32)9-15-4-3-5-16(8-15)12-31-7-6-20(30-31)23(34)19-11-27-14-28-25(19)29-21-10-17(22(33)24(21)35)13-38-39(26,36)37/h2-8,11,14,17,21-22,24,33,35H,1,9-10,12-13H2,(H2,26,36,37)(H,27,28,29)/t17-,21-,22-,24+/m1/s1. The number of rotatable bonds is 12. The van der Waals surface area contributed by atoms with Gasteiger partial charge in [0.25, 0.3) is 0 Å². The number of nitrogens with one attached hydrogen (secondary N) is 1. The minimum atomic E-state index is -4.21. The predicted molar refractivity (Wildman–Crippen MR) is 139 cm³/mol. The zero-order valence-corrected chi connectivity index (χ0v) is 21.6. The first-order valence-corrected chi connectivity index (χ1v) is 13.4. The van der Waals surface area contributed by atoms with Gasteiger partial charge in [0.1, 0.15) is 23.9 Å². The number of allylic oxidation sites excluding steroid dienone is 1. The molecule has 1 aromatic carbocycles. The van der Waals surface area contributed by atoms with Crippen LogP contribution in [0.5, 0.6) is 0 Å². The molecule has 13 nitrogen and oxygen atoms in total. The van der Waals surface area contributed by atoms with E-state index < -0.39 is 46.9 Å². The van der Waals surface area contributed by atoms with Crippen LogP contribution in [0.3, 0.4) is 0 Å². The van der Waals surface area contributed by atoms with Gasteiger partial charge in [-0.3, -0.25) is 18.5 Å². The Morgan fingerprint density at radius 2 is 2.00 bits per heavy atom. The van der Waals surface area contributed by atoms with Gasteiger partial charge in [-0.1, -0.05) is 30.8 Å². The molecule has 1 aliphatic rings. The number of anilines is 1. The van der Waals surface area contributed by atoms with Crippen LogP contribution in [0.15, 0.2) is 61.7 Å². The summed E-state index contributed by atoms with van der Waals surface area (Å²) in [7, 11) is -4.21. The minimum absolute atomic E-state index is 0.0828. The van der Waals surface area contributed by atoms with Crippen molar-refractivity contribution in [1.29, 1.82) is 0 Å². The highest BCUT2D eigenvalue weighted by molar-refractivity contribution is 7.84. The molecule has 206 valence electrons. The lowest BCUT2D eigenvalue weighted by Crippen LogP contribution is -2.36. The molecule has 1 saturated carbocycles. The van der Waals surface area contributed by atoms with Crippen molar-refractivity contribution >= 4 is 27.7 Å². The highest BCUT2D eigenvalue weighted by atomic mass is 32.2. The van der Waals surface area contributed by atoms with Crippen LogP contribution in [0.2, 0.25) is 0 Å². The van der Waals surface area contributed by atoms with Gasteiger partial charge in [0.15, 0.2) is 5.78 Å². The van der Waals surface area contributed by atoms with Crippen LogP contribution in [0.4, 0.5) is 5.82 Å². The van der Waals surface area contributed by atoms with E-state index in [1.54, 1.807) is 16.9 Å². The molecule has 4 atom stereocenters. The van der Waals surface area contributed by atoms with E-state index in [2.05, 4.69) is 31.1 Å². The van der Waals surface area contributed by atoms with Crippen LogP contribution in [0.25, 0.3) is 0 Å². The fourth-order valence-electron chi connectivity index (χ4n) is 4.41. The lowest BCUT2D eigenvalue weighted by atomic mass is 10.1. The number of carbonyl (C=O) groups is 2. The molecule has 39 heavy (non-hydrogen) atoms. The SMILES string of the molecule is C=CC(=O)Cc1cccc(Cn2ccc(C(=O)c3cncnc3N[C@@H]3C[C@H](COS(N)(=O)=O)[C@@H](O)[C@H]3O)n2)c1. The third-order valence-corrected chi connectivity index (χ3v) is 6.81. The summed E-state index contributed by atoms with van der Waals surface area (Å²) in [5.74, 6) is -1.15. The molecule has 0 aliphatic heterocycles. The average Bonchev–Trinajstić information content (AvgIpc) is 3.47. The maximum atomic E-state index is 13.3. The Labute approximate surface area is 224 Å². The van der Waals surface area contributed by atoms with Gasteiger partial charge in [-0.15, -0.1) is 0 Å². The Bertz CT molecular complexity index is 1470. The number of carbonyl (C=O) groups excluding carboxylic acids is 2. The molecule has 2 heterocycles. The molecule has 5 N–H and O–H groups in total. The van der Waals surface area contributed by atoms with Crippen LogP contribution >= 0.6 is 0 Å². The van der Waals surface area contributed by atoms with Gasteiger partial charge in [-0.2, -0.15) is 13.5 Å². The molecule has 1 aliphatic carbocycles. The summed E-state index contributed by atoms with van der Waals surface area (Å²) in [6.45, 7) is 3.45. The number of aliphatic hydroxyl groups is 2. The van der Waals surface area contributed by atoms with E-state index in [1.807, 2.05) is 24.3 Å². The molecule has 14 heteroatoms. The molecule has 0 unspecified atom stereocenters. The fraction of sp³-hybridized carbons (Fsp3) is 0.320. The number of ketones is 2. The molecular weight excluding hydrogens is 528 g/mol. The fourth-order valence-corrected chi connectivity index (χ4v) is 4.77. The van der Waals surface area contributed by atoms with Gasteiger partial charge in [-0.25, -0.2) is 15.1 Å². The number of nitrogens with zero attached hydrogens (tertiary/aromatic N) is 4. The Morgan fingerprint density at radius 3 is 2.74 bits per heavy atom. The Balaban J connectivity index is 1.46. The van der Waals surface area contributed by atoms with Crippen molar-refractivity contribution in [3.63, 3.8) is 0 Å². The number of aliphatic hydroxyl groups excluding tert-OH is 2. The van der Waals surface area contributed by atoms with Crippen molar-refractivity contribution in [2.45, 2.75) is 37.6 Å². The van der Waals surface area contributed by atoms with E-state index in [-0.39, 0.29) is 35.7 Å².